The summed E-state index contributed by atoms with van der Waals surface area (Å²) in [5.74, 6) is 2.18. The van der Waals surface area contributed by atoms with Gasteiger partial charge >= 0.3 is 0 Å². The van der Waals surface area contributed by atoms with E-state index in [1.54, 1.807) is 30.2 Å². The van der Waals surface area contributed by atoms with E-state index in [-0.39, 0.29) is 0 Å². The smallest absolute Gasteiger partial charge is 0.231 e. The second-order valence-electron chi connectivity index (χ2n) is 6.78. The zero-order chi connectivity index (χ0) is 17.5. The van der Waals surface area contributed by atoms with Crippen LogP contribution >= 0.6 is 11.3 Å². The summed E-state index contributed by atoms with van der Waals surface area (Å²) < 4.78 is 8.11. The number of rotatable bonds is 3. The molecule has 0 bridgehead atoms. The minimum atomic E-state index is 0.664. The van der Waals surface area contributed by atoms with Crippen LogP contribution in [0, 0.1) is 5.92 Å². The minimum Gasteiger partial charge on any atom is -0.438 e. The molecule has 1 atom stereocenters. The number of fused-ring (bicyclic) bond motifs is 3. The molecule has 3 aromatic heterocycles. The van der Waals surface area contributed by atoms with Gasteiger partial charge in [0, 0.05) is 23.0 Å². The van der Waals surface area contributed by atoms with E-state index in [0.717, 1.165) is 40.4 Å². The summed E-state index contributed by atoms with van der Waals surface area (Å²) in [6.45, 7) is 2.32. The Labute approximate surface area is 155 Å². The summed E-state index contributed by atoms with van der Waals surface area (Å²) >= 11 is 1.79. The summed E-state index contributed by atoms with van der Waals surface area (Å²) in [6, 6.07) is 7.95. The number of imidazole rings is 1. The van der Waals surface area contributed by atoms with Gasteiger partial charge in [-0.1, -0.05) is 6.92 Å². The molecule has 130 valence electrons. The van der Waals surface area contributed by atoms with E-state index < -0.39 is 0 Å². The highest BCUT2D eigenvalue weighted by atomic mass is 32.1. The van der Waals surface area contributed by atoms with E-state index in [2.05, 4.69) is 21.9 Å². The third-order valence-corrected chi connectivity index (χ3v) is 6.07. The molecule has 1 aromatic carbocycles. The Morgan fingerprint density at radius 3 is 2.88 bits per heavy atom. The number of thiophene rings is 1. The maximum atomic E-state index is 6.15. The lowest BCUT2D eigenvalue weighted by Gasteiger charge is -2.18. The molecule has 0 N–H and O–H groups in total. The van der Waals surface area contributed by atoms with Crippen molar-refractivity contribution in [3.05, 3.63) is 59.8 Å². The summed E-state index contributed by atoms with van der Waals surface area (Å²) in [4.78, 5) is 15.5. The van der Waals surface area contributed by atoms with Crippen LogP contribution in [0.15, 0.2) is 49.3 Å². The minimum absolute atomic E-state index is 0.664. The largest absolute Gasteiger partial charge is 0.438 e. The molecule has 1 aliphatic rings. The van der Waals surface area contributed by atoms with E-state index in [9.17, 15) is 0 Å². The summed E-state index contributed by atoms with van der Waals surface area (Å²) in [6.07, 6.45) is 10.5. The van der Waals surface area contributed by atoms with Gasteiger partial charge in [0.1, 0.15) is 16.9 Å². The van der Waals surface area contributed by atoms with Gasteiger partial charge in [-0.2, -0.15) is 0 Å². The molecule has 5 rings (SSSR count). The van der Waals surface area contributed by atoms with Crippen molar-refractivity contribution < 1.29 is 4.74 Å². The van der Waals surface area contributed by atoms with Gasteiger partial charge in [0.15, 0.2) is 0 Å². The third kappa shape index (κ3) is 2.66. The van der Waals surface area contributed by atoms with Crippen molar-refractivity contribution in [3.63, 3.8) is 0 Å². The van der Waals surface area contributed by atoms with Crippen LogP contribution in [-0.2, 0) is 12.8 Å². The summed E-state index contributed by atoms with van der Waals surface area (Å²) in [7, 11) is 0. The lowest BCUT2D eigenvalue weighted by Crippen LogP contribution is -2.08. The molecule has 1 unspecified atom stereocenters. The third-order valence-electron chi connectivity index (χ3n) is 4.91. The van der Waals surface area contributed by atoms with E-state index in [0.29, 0.717) is 5.88 Å². The van der Waals surface area contributed by atoms with Gasteiger partial charge in [0.2, 0.25) is 5.88 Å². The summed E-state index contributed by atoms with van der Waals surface area (Å²) in [5, 5.41) is 1.10. The fraction of sp³-hybridized carbons (Fsp3) is 0.250. The molecule has 26 heavy (non-hydrogen) atoms. The first-order valence-electron chi connectivity index (χ1n) is 8.79. The Kier molecular flexibility index (Phi) is 3.71. The predicted molar refractivity (Wildman–Crippen MR) is 102 cm³/mol. The average molecular weight is 362 g/mol. The van der Waals surface area contributed by atoms with Crippen LogP contribution in [0.1, 0.15) is 23.8 Å². The average Bonchev–Trinajstić information content (AvgIpc) is 3.30. The van der Waals surface area contributed by atoms with Crippen molar-refractivity contribution in [3.8, 4) is 17.3 Å². The zero-order valence-corrected chi connectivity index (χ0v) is 15.2. The topological polar surface area (TPSA) is 52.8 Å². The van der Waals surface area contributed by atoms with Gasteiger partial charge in [-0.15, -0.1) is 11.3 Å². The molecule has 0 fully saturated rings. The van der Waals surface area contributed by atoms with E-state index in [4.69, 9.17) is 4.74 Å². The lowest BCUT2D eigenvalue weighted by molar-refractivity contribution is 0.466. The van der Waals surface area contributed by atoms with Crippen LogP contribution in [0.4, 0.5) is 0 Å². The van der Waals surface area contributed by atoms with E-state index in [1.807, 2.05) is 35.0 Å². The predicted octanol–water partition coefficient (Wildman–Crippen LogP) is 4.79. The van der Waals surface area contributed by atoms with Crippen LogP contribution in [0.2, 0.25) is 0 Å². The SMILES string of the molecule is CC1CCc2c(sc3ncnc(Oc4ccc(-n5ccnc5)cc4)c23)C1. The standard InChI is InChI=1S/C20H18N4OS/c1-13-2-7-16-17(10-13)26-20-18(16)19(22-11-23-20)25-15-5-3-14(4-6-15)24-9-8-21-12-24/h3-6,8-9,11-13H,2,7,10H2,1H3. The number of hydrogen-bond donors (Lipinski definition) is 0. The fourth-order valence-electron chi connectivity index (χ4n) is 3.53. The molecule has 0 saturated heterocycles. The number of hydrogen-bond acceptors (Lipinski definition) is 5. The Morgan fingerprint density at radius 1 is 1.19 bits per heavy atom. The van der Waals surface area contributed by atoms with E-state index in [1.165, 1.54) is 16.9 Å². The monoisotopic (exact) mass is 362 g/mol. The molecular formula is C20H18N4OS. The molecule has 3 heterocycles. The normalized spacial score (nSPS) is 16.6. The van der Waals surface area contributed by atoms with Gasteiger partial charge in [-0.25, -0.2) is 15.0 Å². The van der Waals surface area contributed by atoms with Gasteiger partial charge in [0.25, 0.3) is 0 Å². The number of ether oxygens (including phenoxy) is 1. The van der Waals surface area contributed by atoms with Crippen LogP contribution < -0.4 is 4.74 Å². The van der Waals surface area contributed by atoms with E-state index >= 15 is 0 Å². The van der Waals surface area contributed by atoms with Crippen molar-refractivity contribution in [2.24, 2.45) is 5.92 Å². The molecule has 4 aromatic rings. The molecular weight excluding hydrogens is 344 g/mol. The van der Waals surface area contributed by atoms with Gasteiger partial charge in [0.05, 0.1) is 11.7 Å². The molecule has 0 aliphatic heterocycles. The second kappa shape index (κ2) is 6.21. The quantitative estimate of drug-likeness (QED) is 0.526. The number of aromatic nitrogens is 4. The number of nitrogens with zero attached hydrogens (tertiary/aromatic N) is 4. The number of aryl methyl sites for hydroxylation is 1. The van der Waals surface area contributed by atoms with Crippen molar-refractivity contribution in [2.45, 2.75) is 26.2 Å². The lowest BCUT2D eigenvalue weighted by atomic mass is 9.89. The Balaban J connectivity index is 1.50. The molecule has 0 saturated carbocycles. The molecule has 6 heteroatoms. The highest BCUT2D eigenvalue weighted by Gasteiger charge is 2.23. The Morgan fingerprint density at radius 2 is 2.08 bits per heavy atom. The zero-order valence-electron chi connectivity index (χ0n) is 14.4. The highest BCUT2D eigenvalue weighted by molar-refractivity contribution is 7.18. The second-order valence-corrected chi connectivity index (χ2v) is 7.86. The maximum absolute atomic E-state index is 6.15. The van der Waals surface area contributed by atoms with Crippen molar-refractivity contribution in [2.75, 3.05) is 0 Å². The van der Waals surface area contributed by atoms with Crippen LogP contribution in [0.3, 0.4) is 0 Å². The molecule has 5 nitrogen and oxygen atoms in total. The Bertz CT molecular complexity index is 1050. The fourth-order valence-corrected chi connectivity index (χ4v) is 4.87. The van der Waals surface area contributed by atoms with Crippen molar-refractivity contribution in [1.29, 1.82) is 0 Å². The maximum Gasteiger partial charge on any atom is 0.231 e. The summed E-state index contributed by atoms with van der Waals surface area (Å²) in [5.41, 5.74) is 2.43. The first-order chi connectivity index (χ1) is 12.8. The van der Waals surface area contributed by atoms with Crippen LogP contribution in [0.25, 0.3) is 15.9 Å². The van der Waals surface area contributed by atoms with Crippen LogP contribution in [-0.4, -0.2) is 19.5 Å². The van der Waals surface area contributed by atoms with Crippen molar-refractivity contribution >= 4 is 21.6 Å². The molecule has 1 aliphatic carbocycles. The highest BCUT2D eigenvalue weighted by Crippen LogP contribution is 2.41. The van der Waals surface area contributed by atoms with Gasteiger partial charge < -0.3 is 9.30 Å². The molecule has 0 radical (unpaired) electrons. The van der Waals surface area contributed by atoms with Crippen LogP contribution in [0.5, 0.6) is 11.6 Å². The van der Waals surface area contributed by atoms with Crippen molar-refractivity contribution in [1.82, 2.24) is 19.5 Å². The van der Waals surface area contributed by atoms with Gasteiger partial charge in [-0.05, 0) is 55.0 Å². The first-order valence-corrected chi connectivity index (χ1v) is 9.61. The van der Waals surface area contributed by atoms with Gasteiger partial charge in [-0.3, -0.25) is 0 Å². The molecule has 0 spiro atoms. The number of benzene rings is 1. The first kappa shape index (κ1) is 15.5. The molecule has 0 amide bonds. The Hall–Kier alpha value is -2.73.